The van der Waals surface area contributed by atoms with E-state index in [4.69, 9.17) is 9.47 Å². The Morgan fingerprint density at radius 3 is 2.64 bits per heavy atom. The van der Waals surface area contributed by atoms with Crippen molar-refractivity contribution in [2.45, 2.75) is 26.3 Å². The van der Waals surface area contributed by atoms with Crippen molar-refractivity contribution in [1.29, 1.82) is 0 Å². The van der Waals surface area contributed by atoms with Crippen LogP contribution >= 0.6 is 0 Å². The molecule has 0 bridgehead atoms. The molecule has 0 atom stereocenters. The van der Waals surface area contributed by atoms with Gasteiger partial charge in [0, 0.05) is 25.0 Å². The fourth-order valence-electron chi connectivity index (χ4n) is 2.33. The van der Waals surface area contributed by atoms with Gasteiger partial charge in [0.15, 0.2) is 11.5 Å². The van der Waals surface area contributed by atoms with Crippen molar-refractivity contribution in [3.8, 4) is 11.5 Å². The summed E-state index contributed by atoms with van der Waals surface area (Å²) >= 11 is 0. The van der Waals surface area contributed by atoms with Crippen LogP contribution in [0.3, 0.4) is 0 Å². The highest BCUT2D eigenvalue weighted by Crippen LogP contribution is 2.27. The van der Waals surface area contributed by atoms with Crippen LogP contribution in [-0.4, -0.2) is 31.7 Å². The topological polar surface area (TPSA) is 72.5 Å². The molecular weight excluding hydrogens is 318 g/mol. The van der Waals surface area contributed by atoms with E-state index in [-0.39, 0.29) is 5.91 Å². The van der Waals surface area contributed by atoms with E-state index < -0.39 is 0 Å². The molecule has 0 aliphatic carbocycles. The van der Waals surface area contributed by atoms with Gasteiger partial charge in [0.05, 0.1) is 14.2 Å². The van der Waals surface area contributed by atoms with Gasteiger partial charge in [0.25, 0.3) is 5.91 Å². The lowest BCUT2D eigenvalue weighted by molar-refractivity contribution is 0.0948. The molecule has 25 heavy (non-hydrogen) atoms. The summed E-state index contributed by atoms with van der Waals surface area (Å²) in [6.45, 7) is 3.35. The van der Waals surface area contributed by atoms with Crippen LogP contribution in [0.25, 0.3) is 0 Å². The van der Waals surface area contributed by atoms with Gasteiger partial charge < -0.3 is 20.1 Å². The summed E-state index contributed by atoms with van der Waals surface area (Å²) in [5, 5.41) is 6.16. The minimum Gasteiger partial charge on any atom is -0.493 e. The predicted octanol–water partition coefficient (Wildman–Crippen LogP) is 3.24. The van der Waals surface area contributed by atoms with Crippen LogP contribution < -0.4 is 20.1 Å². The number of unbranched alkanes of at least 4 members (excludes halogenated alkanes) is 1. The number of hydrogen-bond acceptors (Lipinski definition) is 5. The molecule has 2 aromatic rings. The number of rotatable bonds is 9. The fraction of sp³-hybridized carbons (Fsp3) is 0.368. The lowest BCUT2D eigenvalue weighted by atomic mass is 10.2. The van der Waals surface area contributed by atoms with E-state index in [9.17, 15) is 4.79 Å². The van der Waals surface area contributed by atoms with Crippen molar-refractivity contribution in [3.05, 3.63) is 47.8 Å². The number of amides is 1. The molecule has 0 radical (unpaired) electrons. The quantitative estimate of drug-likeness (QED) is 0.684. The van der Waals surface area contributed by atoms with Crippen molar-refractivity contribution in [1.82, 2.24) is 10.3 Å². The molecular formula is C19H25N3O3. The first-order chi connectivity index (χ1) is 12.2. The first-order valence-electron chi connectivity index (χ1n) is 8.37. The Hall–Kier alpha value is -2.76. The monoisotopic (exact) mass is 343 g/mol. The Morgan fingerprint density at radius 1 is 1.12 bits per heavy atom. The molecule has 0 saturated carbocycles. The van der Waals surface area contributed by atoms with Crippen LogP contribution in [0.5, 0.6) is 11.5 Å². The zero-order valence-corrected chi connectivity index (χ0v) is 15.0. The number of hydrogen-bond donors (Lipinski definition) is 2. The van der Waals surface area contributed by atoms with Crippen molar-refractivity contribution in [3.63, 3.8) is 0 Å². The van der Waals surface area contributed by atoms with E-state index in [0.717, 1.165) is 24.1 Å². The van der Waals surface area contributed by atoms with E-state index in [1.54, 1.807) is 26.5 Å². The average Bonchev–Trinajstić information content (AvgIpc) is 2.66. The number of aromatic nitrogens is 1. The molecule has 1 aromatic carbocycles. The third-order valence-electron chi connectivity index (χ3n) is 3.75. The second-order valence-corrected chi connectivity index (χ2v) is 5.58. The Labute approximate surface area is 148 Å². The number of methoxy groups -OCH3 is 2. The van der Waals surface area contributed by atoms with E-state index in [1.807, 2.05) is 24.3 Å². The molecule has 6 heteroatoms. The van der Waals surface area contributed by atoms with Crippen LogP contribution in [0, 0.1) is 0 Å². The molecule has 1 heterocycles. The zero-order valence-electron chi connectivity index (χ0n) is 15.0. The van der Waals surface area contributed by atoms with Crippen LogP contribution in [-0.2, 0) is 6.54 Å². The number of ether oxygens (including phenoxy) is 2. The van der Waals surface area contributed by atoms with Gasteiger partial charge in [0.1, 0.15) is 5.69 Å². The van der Waals surface area contributed by atoms with Crippen molar-refractivity contribution >= 4 is 11.6 Å². The van der Waals surface area contributed by atoms with Gasteiger partial charge in [-0.2, -0.15) is 0 Å². The van der Waals surface area contributed by atoms with Gasteiger partial charge in [0.2, 0.25) is 0 Å². The van der Waals surface area contributed by atoms with Gasteiger partial charge >= 0.3 is 0 Å². The number of carbonyl (C=O) groups excluding carboxylic acids is 1. The predicted molar refractivity (Wildman–Crippen MR) is 98.4 cm³/mol. The molecule has 0 unspecified atom stereocenters. The highest BCUT2D eigenvalue weighted by atomic mass is 16.5. The molecule has 0 aliphatic rings. The molecule has 0 aliphatic heterocycles. The Morgan fingerprint density at radius 2 is 1.92 bits per heavy atom. The number of pyridine rings is 1. The summed E-state index contributed by atoms with van der Waals surface area (Å²) in [6, 6.07) is 9.35. The van der Waals surface area contributed by atoms with Crippen molar-refractivity contribution < 1.29 is 14.3 Å². The summed E-state index contributed by atoms with van der Waals surface area (Å²) in [5.41, 5.74) is 2.29. The maximum absolute atomic E-state index is 12.1. The maximum atomic E-state index is 12.1. The third-order valence-corrected chi connectivity index (χ3v) is 3.75. The highest BCUT2D eigenvalue weighted by molar-refractivity contribution is 5.93. The summed E-state index contributed by atoms with van der Waals surface area (Å²) in [7, 11) is 3.22. The zero-order chi connectivity index (χ0) is 18.1. The maximum Gasteiger partial charge on any atom is 0.269 e. The first-order valence-corrected chi connectivity index (χ1v) is 8.37. The molecule has 6 nitrogen and oxygen atoms in total. The van der Waals surface area contributed by atoms with E-state index in [1.165, 1.54) is 0 Å². The summed E-state index contributed by atoms with van der Waals surface area (Å²) in [4.78, 5) is 16.2. The van der Waals surface area contributed by atoms with E-state index in [0.29, 0.717) is 30.3 Å². The largest absolute Gasteiger partial charge is 0.493 e. The average molecular weight is 343 g/mol. The molecule has 0 saturated heterocycles. The summed E-state index contributed by atoms with van der Waals surface area (Å²) < 4.78 is 10.5. The van der Waals surface area contributed by atoms with Gasteiger partial charge in [-0.15, -0.1) is 0 Å². The molecule has 1 aromatic heterocycles. The normalized spacial score (nSPS) is 10.2. The molecule has 2 N–H and O–H groups in total. The SMILES string of the molecule is CCCCNC(=O)c1cc(NCc2ccc(OC)c(OC)c2)ccn1. The summed E-state index contributed by atoms with van der Waals surface area (Å²) in [6.07, 6.45) is 3.63. The minimum atomic E-state index is -0.150. The second kappa shape index (κ2) is 9.52. The second-order valence-electron chi connectivity index (χ2n) is 5.58. The number of benzene rings is 1. The smallest absolute Gasteiger partial charge is 0.269 e. The fourth-order valence-corrected chi connectivity index (χ4v) is 2.33. The number of carbonyl (C=O) groups is 1. The number of nitrogens with zero attached hydrogens (tertiary/aromatic N) is 1. The Kier molecular flexibility index (Phi) is 7.07. The van der Waals surface area contributed by atoms with Crippen LogP contribution in [0.1, 0.15) is 35.8 Å². The summed E-state index contributed by atoms with van der Waals surface area (Å²) in [5.74, 6) is 1.23. The lowest BCUT2D eigenvalue weighted by Gasteiger charge is -2.11. The number of anilines is 1. The van der Waals surface area contributed by atoms with E-state index in [2.05, 4.69) is 22.5 Å². The van der Waals surface area contributed by atoms with Gasteiger partial charge in [-0.3, -0.25) is 9.78 Å². The Bertz CT molecular complexity index is 704. The molecule has 1 amide bonds. The minimum absolute atomic E-state index is 0.150. The van der Waals surface area contributed by atoms with Crippen LogP contribution in [0.4, 0.5) is 5.69 Å². The van der Waals surface area contributed by atoms with Crippen molar-refractivity contribution in [2.75, 3.05) is 26.1 Å². The van der Waals surface area contributed by atoms with Gasteiger partial charge in [-0.05, 0) is 36.2 Å². The molecule has 0 spiro atoms. The highest BCUT2D eigenvalue weighted by Gasteiger charge is 2.08. The Balaban J connectivity index is 1.99. The first kappa shape index (κ1) is 18.6. The standard InChI is InChI=1S/C19H25N3O3/c1-4-5-9-21-19(23)16-12-15(8-10-20-16)22-13-14-6-7-17(24-2)18(11-14)25-3/h6-8,10-12H,4-5,9,13H2,1-3H3,(H,20,22)(H,21,23). The molecule has 0 fully saturated rings. The number of nitrogens with one attached hydrogen (secondary N) is 2. The lowest BCUT2D eigenvalue weighted by Crippen LogP contribution is -2.25. The van der Waals surface area contributed by atoms with Crippen LogP contribution in [0.15, 0.2) is 36.5 Å². The van der Waals surface area contributed by atoms with Gasteiger partial charge in [-0.1, -0.05) is 19.4 Å². The third kappa shape index (κ3) is 5.38. The van der Waals surface area contributed by atoms with Crippen molar-refractivity contribution in [2.24, 2.45) is 0 Å². The van der Waals surface area contributed by atoms with Gasteiger partial charge in [-0.25, -0.2) is 0 Å². The van der Waals surface area contributed by atoms with E-state index >= 15 is 0 Å². The molecule has 2 rings (SSSR count). The van der Waals surface area contributed by atoms with Crippen LogP contribution in [0.2, 0.25) is 0 Å². The molecule has 134 valence electrons.